The summed E-state index contributed by atoms with van der Waals surface area (Å²) in [5, 5.41) is 12.6. The molecule has 0 radical (unpaired) electrons. The van der Waals surface area contributed by atoms with Crippen LogP contribution >= 0.6 is 0 Å². The van der Waals surface area contributed by atoms with Crippen LogP contribution in [0.5, 0.6) is 5.75 Å². The zero-order valence-electron chi connectivity index (χ0n) is 12.8. The highest BCUT2D eigenvalue weighted by molar-refractivity contribution is 5.74. The first kappa shape index (κ1) is 15.0. The van der Waals surface area contributed by atoms with Crippen LogP contribution in [0.1, 0.15) is 20.8 Å². The van der Waals surface area contributed by atoms with Gasteiger partial charge in [0.05, 0.1) is 11.4 Å². The molecule has 0 spiro atoms. The van der Waals surface area contributed by atoms with Gasteiger partial charge in [0.15, 0.2) is 0 Å². The summed E-state index contributed by atoms with van der Waals surface area (Å²) in [6, 6.07) is 13.7. The van der Waals surface area contributed by atoms with E-state index < -0.39 is 0 Å². The SMILES string of the molecule is CCN(c1ccc(Nc2ccc(O)cc2N)cc1)C(C)C. The van der Waals surface area contributed by atoms with Gasteiger partial charge in [-0.1, -0.05) is 0 Å². The molecule has 4 heteroatoms. The van der Waals surface area contributed by atoms with Crippen LogP contribution in [0.2, 0.25) is 0 Å². The Morgan fingerprint density at radius 3 is 2.33 bits per heavy atom. The van der Waals surface area contributed by atoms with Crippen LogP contribution in [0.25, 0.3) is 0 Å². The Bertz CT molecular complexity index is 593. The van der Waals surface area contributed by atoms with Crippen molar-refractivity contribution >= 4 is 22.7 Å². The minimum Gasteiger partial charge on any atom is -0.508 e. The molecule has 0 aromatic heterocycles. The number of nitrogens with one attached hydrogen (secondary N) is 1. The monoisotopic (exact) mass is 285 g/mol. The highest BCUT2D eigenvalue weighted by Gasteiger charge is 2.08. The third kappa shape index (κ3) is 3.60. The molecule has 0 fully saturated rings. The summed E-state index contributed by atoms with van der Waals surface area (Å²) in [6.07, 6.45) is 0. The van der Waals surface area contributed by atoms with Crippen LogP contribution in [-0.4, -0.2) is 17.7 Å². The van der Waals surface area contributed by atoms with Crippen molar-refractivity contribution in [2.75, 3.05) is 22.5 Å². The van der Waals surface area contributed by atoms with Crippen molar-refractivity contribution < 1.29 is 5.11 Å². The van der Waals surface area contributed by atoms with E-state index in [0.717, 1.165) is 17.9 Å². The molecule has 4 nitrogen and oxygen atoms in total. The third-order valence-electron chi connectivity index (χ3n) is 3.48. The lowest BCUT2D eigenvalue weighted by Crippen LogP contribution is -2.30. The maximum Gasteiger partial charge on any atom is 0.117 e. The molecule has 112 valence electrons. The standard InChI is InChI=1S/C17H23N3O/c1-4-20(12(2)3)14-7-5-13(6-8-14)19-17-10-9-15(21)11-16(17)18/h5-12,19,21H,4,18H2,1-3H3. The molecule has 0 aliphatic carbocycles. The molecule has 0 saturated heterocycles. The van der Waals surface area contributed by atoms with E-state index in [-0.39, 0.29) is 5.75 Å². The number of nitrogens with two attached hydrogens (primary N) is 1. The molecule has 2 aromatic carbocycles. The van der Waals surface area contributed by atoms with Gasteiger partial charge in [-0.05, 0) is 57.2 Å². The van der Waals surface area contributed by atoms with E-state index in [9.17, 15) is 5.11 Å². The van der Waals surface area contributed by atoms with Crippen molar-refractivity contribution in [2.45, 2.75) is 26.8 Å². The lowest BCUT2D eigenvalue weighted by molar-refractivity contribution is 0.476. The Kier molecular flexibility index (Phi) is 4.58. The van der Waals surface area contributed by atoms with Crippen LogP contribution in [0.15, 0.2) is 42.5 Å². The van der Waals surface area contributed by atoms with Gasteiger partial charge < -0.3 is 21.1 Å². The highest BCUT2D eigenvalue weighted by Crippen LogP contribution is 2.28. The van der Waals surface area contributed by atoms with Gasteiger partial charge in [-0.2, -0.15) is 0 Å². The average Bonchev–Trinajstić information content (AvgIpc) is 2.44. The Morgan fingerprint density at radius 2 is 1.81 bits per heavy atom. The number of phenolic OH excluding ortho intramolecular Hbond substituents is 1. The maximum absolute atomic E-state index is 9.37. The molecular weight excluding hydrogens is 262 g/mol. The van der Waals surface area contributed by atoms with E-state index in [1.807, 2.05) is 12.1 Å². The van der Waals surface area contributed by atoms with Gasteiger partial charge in [-0.3, -0.25) is 0 Å². The second-order valence-corrected chi connectivity index (χ2v) is 5.32. The van der Waals surface area contributed by atoms with Crippen LogP contribution in [0.4, 0.5) is 22.7 Å². The van der Waals surface area contributed by atoms with Gasteiger partial charge >= 0.3 is 0 Å². The van der Waals surface area contributed by atoms with Crippen molar-refractivity contribution in [1.82, 2.24) is 0 Å². The van der Waals surface area contributed by atoms with Gasteiger partial charge in [0.2, 0.25) is 0 Å². The van der Waals surface area contributed by atoms with Gasteiger partial charge in [0, 0.05) is 30.0 Å². The number of hydrogen-bond acceptors (Lipinski definition) is 4. The lowest BCUT2D eigenvalue weighted by atomic mass is 10.2. The predicted octanol–water partition coefficient (Wildman–Crippen LogP) is 3.95. The second-order valence-electron chi connectivity index (χ2n) is 5.32. The van der Waals surface area contributed by atoms with Gasteiger partial charge in [-0.15, -0.1) is 0 Å². The van der Waals surface area contributed by atoms with Gasteiger partial charge in [0.25, 0.3) is 0 Å². The fourth-order valence-electron chi connectivity index (χ4n) is 2.40. The number of benzene rings is 2. The molecule has 4 N–H and O–H groups in total. The first-order chi connectivity index (χ1) is 10.0. The van der Waals surface area contributed by atoms with E-state index in [1.165, 1.54) is 11.8 Å². The summed E-state index contributed by atoms with van der Waals surface area (Å²) >= 11 is 0. The summed E-state index contributed by atoms with van der Waals surface area (Å²) in [6.45, 7) is 7.51. The quantitative estimate of drug-likeness (QED) is 0.575. The molecule has 0 unspecified atom stereocenters. The maximum atomic E-state index is 9.37. The number of nitrogens with zero attached hydrogens (tertiary/aromatic N) is 1. The minimum atomic E-state index is 0.170. The van der Waals surface area contributed by atoms with Crippen molar-refractivity contribution in [3.63, 3.8) is 0 Å². The van der Waals surface area contributed by atoms with Crippen LogP contribution in [-0.2, 0) is 0 Å². The van der Waals surface area contributed by atoms with Crippen molar-refractivity contribution in [1.29, 1.82) is 0 Å². The summed E-state index contributed by atoms with van der Waals surface area (Å²) in [4.78, 5) is 2.33. The minimum absolute atomic E-state index is 0.170. The number of phenols is 1. The van der Waals surface area contributed by atoms with Crippen LogP contribution in [0.3, 0.4) is 0 Å². The molecule has 0 aliphatic rings. The summed E-state index contributed by atoms with van der Waals surface area (Å²) < 4.78 is 0. The Hall–Kier alpha value is -2.36. The van der Waals surface area contributed by atoms with E-state index in [0.29, 0.717) is 11.7 Å². The van der Waals surface area contributed by atoms with Gasteiger partial charge in [-0.25, -0.2) is 0 Å². The molecule has 2 rings (SSSR count). The molecule has 0 amide bonds. The zero-order valence-corrected chi connectivity index (χ0v) is 12.8. The van der Waals surface area contributed by atoms with Crippen molar-refractivity contribution in [3.05, 3.63) is 42.5 Å². The first-order valence-corrected chi connectivity index (χ1v) is 7.23. The number of aromatic hydroxyl groups is 1. The number of anilines is 4. The van der Waals surface area contributed by atoms with Crippen LogP contribution in [0, 0.1) is 0 Å². The van der Waals surface area contributed by atoms with Gasteiger partial charge in [0.1, 0.15) is 5.75 Å². The van der Waals surface area contributed by atoms with Crippen molar-refractivity contribution in [3.8, 4) is 5.75 Å². The third-order valence-corrected chi connectivity index (χ3v) is 3.48. The molecule has 0 heterocycles. The summed E-state index contributed by atoms with van der Waals surface area (Å²) in [5.41, 5.74) is 9.36. The molecule has 0 bridgehead atoms. The fourth-order valence-corrected chi connectivity index (χ4v) is 2.40. The van der Waals surface area contributed by atoms with Crippen LogP contribution < -0.4 is 16.0 Å². The Morgan fingerprint density at radius 1 is 1.14 bits per heavy atom. The fraction of sp³-hybridized carbons (Fsp3) is 0.294. The molecule has 0 saturated carbocycles. The molecular formula is C17H23N3O. The van der Waals surface area contributed by atoms with E-state index in [4.69, 9.17) is 5.73 Å². The Balaban J connectivity index is 2.15. The zero-order chi connectivity index (χ0) is 15.4. The molecule has 0 aliphatic heterocycles. The Labute approximate surface area is 126 Å². The summed E-state index contributed by atoms with van der Waals surface area (Å²) in [7, 11) is 0. The largest absolute Gasteiger partial charge is 0.508 e. The molecule has 0 atom stereocenters. The lowest BCUT2D eigenvalue weighted by Gasteiger charge is -2.27. The first-order valence-electron chi connectivity index (χ1n) is 7.23. The molecule has 21 heavy (non-hydrogen) atoms. The van der Waals surface area contributed by atoms with E-state index in [1.54, 1.807) is 12.1 Å². The van der Waals surface area contributed by atoms with Crippen molar-refractivity contribution in [2.24, 2.45) is 0 Å². The number of hydrogen-bond donors (Lipinski definition) is 3. The van der Waals surface area contributed by atoms with E-state index >= 15 is 0 Å². The summed E-state index contributed by atoms with van der Waals surface area (Å²) in [5.74, 6) is 0.170. The number of nitrogen functional groups attached to an aromatic ring is 1. The second kappa shape index (κ2) is 6.39. The average molecular weight is 285 g/mol. The van der Waals surface area contributed by atoms with E-state index in [2.05, 4.69) is 43.1 Å². The smallest absolute Gasteiger partial charge is 0.117 e. The normalized spacial score (nSPS) is 10.7. The predicted molar refractivity (Wildman–Crippen MR) is 90.4 cm³/mol. The highest BCUT2D eigenvalue weighted by atomic mass is 16.3. The molecule has 2 aromatic rings. The topological polar surface area (TPSA) is 61.5 Å². The number of rotatable bonds is 5.